The standard InChI is InChI=1S/C13H19N5O4/c1-3-21-10-9(20)7(4-19)22-13(10)18-6-17-8-11(14-2)15-5-16-12(8)18/h5-7,9-10,13,19-20H,3-4H2,1-2H3,(H,14,15,16)/t7-,9-,10-,13-/m1/s1. The average molecular weight is 309 g/mol. The predicted molar refractivity (Wildman–Crippen MR) is 77.3 cm³/mol. The molecule has 0 bridgehead atoms. The van der Waals surface area contributed by atoms with E-state index < -0.39 is 24.5 Å². The number of fused-ring (bicyclic) bond motifs is 1. The molecule has 4 atom stereocenters. The Bertz CT molecular complexity index is 648. The third-order valence-corrected chi connectivity index (χ3v) is 3.72. The first-order valence-electron chi connectivity index (χ1n) is 7.12. The summed E-state index contributed by atoms with van der Waals surface area (Å²) in [4.78, 5) is 12.6. The largest absolute Gasteiger partial charge is 0.394 e. The zero-order valence-electron chi connectivity index (χ0n) is 12.4. The summed E-state index contributed by atoms with van der Waals surface area (Å²) in [5, 5.41) is 22.5. The lowest BCUT2D eigenvalue weighted by molar-refractivity contribution is -0.0676. The summed E-state index contributed by atoms with van der Waals surface area (Å²) < 4.78 is 13.0. The predicted octanol–water partition coefficient (Wildman–Crippen LogP) is -0.476. The number of aromatic nitrogens is 4. The van der Waals surface area contributed by atoms with Gasteiger partial charge in [0, 0.05) is 13.7 Å². The first-order chi connectivity index (χ1) is 10.7. The molecule has 9 heteroatoms. The van der Waals surface area contributed by atoms with Crippen LogP contribution in [0.1, 0.15) is 13.2 Å². The van der Waals surface area contributed by atoms with Crippen molar-refractivity contribution in [3.05, 3.63) is 12.7 Å². The summed E-state index contributed by atoms with van der Waals surface area (Å²) >= 11 is 0. The number of anilines is 1. The molecule has 0 saturated carbocycles. The van der Waals surface area contributed by atoms with Gasteiger partial charge in [-0.2, -0.15) is 0 Å². The Morgan fingerprint density at radius 2 is 2.23 bits per heavy atom. The van der Waals surface area contributed by atoms with Gasteiger partial charge in [0.25, 0.3) is 0 Å². The number of aliphatic hydroxyl groups is 2. The Hall–Kier alpha value is -1.81. The highest BCUT2D eigenvalue weighted by Crippen LogP contribution is 2.33. The van der Waals surface area contributed by atoms with Crippen LogP contribution in [0.5, 0.6) is 0 Å². The minimum absolute atomic E-state index is 0.287. The van der Waals surface area contributed by atoms with Crippen molar-refractivity contribution in [3.8, 4) is 0 Å². The Morgan fingerprint density at radius 3 is 2.91 bits per heavy atom. The molecule has 0 amide bonds. The fourth-order valence-corrected chi connectivity index (χ4v) is 2.69. The number of hydrogen-bond donors (Lipinski definition) is 3. The summed E-state index contributed by atoms with van der Waals surface area (Å²) in [6, 6.07) is 0. The molecule has 3 N–H and O–H groups in total. The molecule has 3 heterocycles. The molecular weight excluding hydrogens is 290 g/mol. The van der Waals surface area contributed by atoms with Crippen molar-refractivity contribution in [2.24, 2.45) is 0 Å². The van der Waals surface area contributed by atoms with Gasteiger partial charge in [-0.1, -0.05) is 0 Å². The lowest BCUT2D eigenvalue weighted by Gasteiger charge is -2.21. The quantitative estimate of drug-likeness (QED) is 0.679. The monoisotopic (exact) mass is 309 g/mol. The van der Waals surface area contributed by atoms with E-state index in [4.69, 9.17) is 9.47 Å². The fraction of sp³-hybridized carbons (Fsp3) is 0.615. The van der Waals surface area contributed by atoms with Crippen LogP contribution in [0.25, 0.3) is 11.2 Å². The lowest BCUT2D eigenvalue weighted by atomic mass is 10.1. The first kappa shape index (κ1) is 15.1. The summed E-state index contributed by atoms with van der Waals surface area (Å²) in [6.07, 6.45) is 0.159. The van der Waals surface area contributed by atoms with Crippen molar-refractivity contribution >= 4 is 17.0 Å². The van der Waals surface area contributed by atoms with E-state index >= 15 is 0 Å². The lowest BCUT2D eigenvalue weighted by Crippen LogP contribution is -2.35. The van der Waals surface area contributed by atoms with Crippen molar-refractivity contribution in [1.82, 2.24) is 19.5 Å². The Labute approximate surface area is 126 Å². The number of nitrogens with zero attached hydrogens (tertiary/aromatic N) is 4. The molecular formula is C13H19N5O4. The summed E-state index contributed by atoms with van der Waals surface area (Å²) in [5.74, 6) is 0.606. The van der Waals surface area contributed by atoms with Crippen molar-refractivity contribution in [2.75, 3.05) is 25.6 Å². The normalized spacial score (nSPS) is 28.4. The first-order valence-corrected chi connectivity index (χ1v) is 7.12. The van der Waals surface area contributed by atoms with Crippen LogP contribution < -0.4 is 5.32 Å². The maximum absolute atomic E-state index is 10.2. The minimum Gasteiger partial charge on any atom is -0.394 e. The van der Waals surface area contributed by atoms with E-state index in [-0.39, 0.29) is 6.61 Å². The van der Waals surface area contributed by atoms with Crippen LogP contribution in [-0.4, -0.2) is 68.3 Å². The number of ether oxygens (including phenoxy) is 2. The maximum Gasteiger partial charge on any atom is 0.167 e. The smallest absolute Gasteiger partial charge is 0.167 e. The fourth-order valence-electron chi connectivity index (χ4n) is 2.69. The molecule has 1 fully saturated rings. The molecule has 3 rings (SSSR count). The Kier molecular flexibility index (Phi) is 4.21. The van der Waals surface area contributed by atoms with Gasteiger partial charge in [-0.25, -0.2) is 15.0 Å². The van der Waals surface area contributed by atoms with Crippen LogP contribution in [0, 0.1) is 0 Å². The third-order valence-electron chi connectivity index (χ3n) is 3.72. The Morgan fingerprint density at radius 1 is 1.41 bits per heavy atom. The summed E-state index contributed by atoms with van der Waals surface area (Å²) in [7, 11) is 1.75. The van der Waals surface area contributed by atoms with E-state index in [1.165, 1.54) is 6.33 Å². The van der Waals surface area contributed by atoms with Gasteiger partial charge >= 0.3 is 0 Å². The summed E-state index contributed by atoms with van der Waals surface area (Å²) in [6.45, 7) is 1.97. The van der Waals surface area contributed by atoms with Crippen molar-refractivity contribution < 1.29 is 19.7 Å². The number of rotatable bonds is 5. The van der Waals surface area contributed by atoms with Crippen molar-refractivity contribution in [1.29, 1.82) is 0 Å². The second-order valence-electron chi connectivity index (χ2n) is 4.95. The molecule has 1 saturated heterocycles. The van der Waals surface area contributed by atoms with E-state index in [9.17, 15) is 10.2 Å². The van der Waals surface area contributed by atoms with Gasteiger partial charge in [0.05, 0.1) is 12.9 Å². The summed E-state index contributed by atoms with van der Waals surface area (Å²) in [5.41, 5.74) is 1.17. The molecule has 0 unspecified atom stereocenters. The van der Waals surface area contributed by atoms with Crippen LogP contribution in [0.2, 0.25) is 0 Å². The maximum atomic E-state index is 10.2. The van der Waals surface area contributed by atoms with Crippen molar-refractivity contribution in [3.63, 3.8) is 0 Å². The molecule has 2 aromatic rings. The van der Waals surface area contributed by atoms with Crippen LogP contribution in [0.3, 0.4) is 0 Å². The van der Waals surface area contributed by atoms with Crippen LogP contribution >= 0.6 is 0 Å². The molecule has 120 valence electrons. The van der Waals surface area contributed by atoms with Gasteiger partial charge in [-0.3, -0.25) is 4.57 Å². The third kappa shape index (κ3) is 2.31. The van der Waals surface area contributed by atoms with E-state index in [1.807, 2.05) is 6.92 Å². The van der Waals surface area contributed by atoms with Crippen LogP contribution in [0.15, 0.2) is 12.7 Å². The number of imidazole rings is 1. The van der Waals surface area contributed by atoms with E-state index in [2.05, 4.69) is 20.3 Å². The van der Waals surface area contributed by atoms with Gasteiger partial charge in [0.1, 0.15) is 30.2 Å². The molecule has 2 aromatic heterocycles. The number of aliphatic hydroxyl groups excluding tert-OH is 2. The van der Waals surface area contributed by atoms with Crippen LogP contribution in [-0.2, 0) is 9.47 Å². The molecule has 0 aliphatic carbocycles. The van der Waals surface area contributed by atoms with E-state index in [0.29, 0.717) is 23.6 Å². The molecule has 22 heavy (non-hydrogen) atoms. The second-order valence-corrected chi connectivity index (χ2v) is 4.95. The van der Waals surface area contributed by atoms with Gasteiger partial charge < -0.3 is 25.0 Å². The highest BCUT2D eigenvalue weighted by molar-refractivity contribution is 5.82. The zero-order chi connectivity index (χ0) is 15.7. The molecule has 9 nitrogen and oxygen atoms in total. The molecule has 1 aliphatic heterocycles. The number of nitrogens with one attached hydrogen (secondary N) is 1. The Balaban J connectivity index is 2.02. The van der Waals surface area contributed by atoms with Gasteiger partial charge in [0.15, 0.2) is 17.7 Å². The topological polar surface area (TPSA) is 115 Å². The van der Waals surface area contributed by atoms with E-state index in [1.54, 1.807) is 17.9 Å². The van der Waals surface area contributed by atoms with E-state index in [0.717, 1.165) is 0 Å². The molecule has 0 radical (unpaired) electrons. The van der Waals surface area contributed by atoms with Crippen molar-refractivity contribution in [2.45, 2.75) is 31.5 Å². The highest BCUT2D eigenvalue weighted by atomic mass is 16.6. The SMILES string of the molecule is CCO[C@@H]1[C@H](O)[C@@H](CO)O[C@H]1n1cnc2c(NC)ncnc21. The van der Waals surface area contributed by atoms with Crippen LogP contribution in [0.4, 0.5) is 5.82 Å². The average Bonchev–Trinajstić information content (AvgIpc) is 3.09. The number of hydrogen-bond acceptors (Lipinski definition) is 8. The molecule has 0 aromatic carbocycles. The van der Waals surface area contributed by atoms with Gasteiger partial charge in [-0.05, 0) is 6.92 Å². The highest BCUT2D eigenvalue weighted by Gasteiger charge is 2.45. The van der Waals surface area contributed by atoms with Gasteiger partial charge in [0.2, 0.25) is 0 Å². The molecule has 0 spiro atoms. The van der Waals surface area contributed by atoms with Gasteiger partial charge in [-0.15, -0.1) is 0 Å². The minimum atomic E-state index is -0.919. The second kappa shape index (κ2) is 6.13. The molecule has 1 aliphatic rings. The zero-order valence-corrected chi connectivity index (χ0v) is 12.4.